The molecule has 0 fully saturated rings. The molecule has 1 unspecified atom stereocenters. The summed E-state index contributed by atoms with van der Waals surface area (Å²) >= 11 is 0. The molecule has 0 saturated heterocycles. The molecule has 0 bridgehead atoms. The summed E-state index contributed by atoms with van der Waals surface area (Å²) in [5, 5.41) is 0. The first kappa shape index (κ1) is 14.7. The highest BCUT2D eigenvalue weighted by Crippen LogP contribution is 2.30. The van der Waals surface area contributed by atoms with Gasteiger partial charge in [0.05, 0.1) is 0 Å². The van der Waals surface area contributed by atoms with Crippen molar-refractivity contribution in [3.63, 3.8) is 0 Å². The number of carbonyl (C=O) groups is 1. The second-order valence-corrected chi connectivity index (χ2v) is 5.37. The third kappa shape index (κ3) is 4.87. The lowest BCUT2D eigenvalue weighted by Gasteiger charge is -2.23. The SMILES string of the molecule is CCCCC(C)(/C=C/c1ccc(C)cc1)CC=O. The molecule has 1 rings (SSSR count). The highest BCUT2D eigenvalue weighted by molar-refractivity contribution is 5.55. The Morgan fingerprint density at radius 1 is 1.22 bits per heavy atom. The molecule has 0 radical (unpaired) electrons. The summed E-state index contributed by atoms with van der Waals surface area (Å²) in [6.45, 7) is 6.44. The molecule has 0 amide bonds. The van der Waals surface area contributed by atoms with Crippen LogP contribution in [0.15, 0.2) is 30.3 Å². The molecule has 1 atom stereocenters. The summed E-state index contributed by atoms with van der Waals surface area (Å²) in [6, 6.07) is 8.46. The summed E-state index contributed by atoms with van der Waals surface area (Å²) in [5.41, 5.74) is 2.48. The van der Waals surface area contributed by atoms with Crippen molar-refractivity contribution in [2.75, 3.05) is 0 Å². The average molecular weight is 244 g/mol. The van der Waals surface area contributed by atoms with E-state index in [-0.39, 0.29) is 5.41 Å². The number of allylic oxidation sites excluding steroid dienone is 1. The van der Waals surface area contributed by atoms with Crippen LogP contribution in [0.2, 0.25) is 0 Å². The lowest BCUT2D eigenvalue weighted by Crippen LogP contribution is -2.13. The third-order valence-corrected chi connectivity index (χ3v) is 3.41. The van der Waals surface area contributed by atoms with Crippen LogP contribution in [0.4, 0.5) is 0 Å². The first-order valence-corrected chi connectivity index (χ1v) is 6.79. The highest BCUT2D eigenvalue weighted by atomic mass is 16.1. The van der Waals surface area contributed by atoms with Gasteiger partial charge in [0.1, 0.15) is 6.29 Å². The molecule has 0 aliphatic rings. The van der Waals surface area contributed by atoms with Crippen molar-refractivity contribution < 1.29 is 4.79 Å². The van der Waals surface area contributed by atoms with Gasteiger partial charge in [-0.05, 0) is 24.3 Å². The maximum Gasteiger partial charge on any atom is 0.120 e. The van der Waals surface area contributed by atoms with Crippen LogP contribution < -0.4 is 0 Å². The Morgan fingerprint density at radius 3 is 2.44 bits per heavy atom. The van der Waals surface area contributed by atoms with Crippen LogP contribution in [-0.4, -0.2) is 6.29 Å². The lowest BCUT2D eigenvalue weighted by molar-refractivity contribution is -0.109. The predicted molar refractivity (Wildman–Crippen MR) is 78.5 cm³/mol. The van der Waals surface area contributed by atoms with Crippen LogP contribution in [-0.2, 0) is 4.79 Å². The van der Waals surface area contributed by atoms with Crippen molar-refractivity contribution in [2.24, 2.45) is 5.41 Å². The van der Waals surface area contributed by atoms with Gasteiger partial charge < -0.3 is 4.79 Å². The third-order valence-electron chi connectivity index (χ3n) is 3.41. The fraction of sp³-hybridized carbons (Fsp3) is 0.471. The van der Waals surface area contributed by atoms with Crippen LogP contribution >= 0.6 is 0 Å². The van der Waals surface area contributed by atoms with E-state index in [9.17, 15) is 4.79 Å². The number of aryl methyl sites for hydroxylation is 1. The average Bonchev–Trinajstić information content (AvgIpc) is 2.36. The fourth-order valence-corrected chi connectivity index (χ4v) is 2.00. The molecule has 0 spiro atoms. The van der Waals surface area contributed by atoms with Crippen molar-refractivity contribution in [1.29, 1.82) is 0 Å². The molecule has 0 saturated carbocycles. The van der Waals surface area contributed by atoms with Crippen molar-refractivity contribution in [3.8, 4) is 0 Å². The van der Waals surface area contributed by atoms with Gasteiger partial charge in [-0.1, -0.05) is 68.7 Å². The molecule has 18 heavy (non-hydrogen) atoms. The quantitative estimate of drug-likeness (QED) is 0.630. The zero-order valence-electron chi connectivity index (χ0n) is 11.8. The Labute approximate surface area is 111 Å². The molecular weight excluding hydrogens is 220 g/mol. The van der Waals surface area contributed by atoms with Crippen LogP contribution in [0, 0.1) is 12.3 Å². The van der Waals surface area contributed by atoms with E-state index in [4.69, 9.17) is 0 Å². The maximum absolute atomic E-state index is 10.8. The van der Waals surface area contributed by atoms with E-state index in [1.807, 2.05) is 0 Å². The van der Waals surface area contributed by atoms with Gasteiger partial charge in [-0.25, -0.2) is 0 Å². The van der Waals surface area contributed by atoms with E-state index >= 15 is 0 Å². The van der Waals surface area contributed by atoms with E-state index < -0.39 is 0 Å². The Bertz CT molecular complexity index is 389. The minimum absolute atomic E-state index is 0.00263. The van der Waals surface area contributed by atoms with E-state index in [1.54, 1.807) is 0 Å². The maximum atomic E-state index is 10.8. The number of hydrogen-bond donors (Lipinski definition) is 0. The Balaban J connectivity index is 2.75. The Morgan fingerprint density at radius 2 is 1.89 bits per heavy atom. The van der Waals surface area contributed by atoms with Crippen molar-refractivity contribution >= 4 is 12.4 Å². The van der Waals surface area contributed by atoms with Crippen molar-refractivity contribution in [3.05, 3.63) is 41.5 Å². The monoisotopic (exact) mass is 244 g/mol. The van der Waals surface area contributed by atoms with Crippen molar-refractivity contribution in [2.45, 2.75) is 46.5 Å². The number of aldehydes is 1. The van der Waals surface area contributed by atoms with E-state index in [0.29, 0.717) is 6.42 Å². The van der Waals surface area contributed by atoms with Crippen LogP contribution in [0.5, 0.6) is 0 Å². The minimum atomic E-state index is 0.00263. The highest BCUT2D eigenvalue weighted by Gasteiger charge is 2.19. The van der Waals surface area contributed by atoms with Gasteiger partial charge in [-0.3, -0.25) is 0 Å². The van der Waals surface area contributed by atoms with Gasteiger partial charge in [-0.2, -0.15) is 0 Å². The Kier molecular flexibility index (Phi) is 5.84. The van der Waals surface area contributed by atoms with Crippen molar-refractivity contribution in [1.82, 2.24) is 0 Å². The number of rotatable bonds is 7. The molecule has 1 aromatic carbocycles. The molecule has 1 aromatic rings. The number of benzene rings is 1. The summed E-state index contributed by atoms with van der Waals surface area (Å²) in [4.78, 5) is 10.8. The molecule has 0 aliphatic heterocycles. The first-order chi connectivity index (χ1) is 8.59. The van der Waals surface area contributed by atoms with Gasteiger partial charge in [-0.15, -0.1) is 0 Å². The summed E-state index contributed by atoms with van der Waals surface area (Å²) < 4.78 is 0. The van der Waals surface area contributed by atoms with Gasteiger partial charge in [0.15, 0.2) is 0 Å². The Hall–Kier alpha value is -1.37. The van der Waals surface area contributed by atoms with Crippen LogP contribution in [0.25, 0.3) is 6.08 Å². The van der Waals surface area contributed by atoms with E-state index in [1.165, 1.54) is 24.0 Å². The predicted octanol–water partition coefficient (Wildman–Crippen LogP) is 4.79. The molecule has 0 aliphatic carbocycles. The van der Waals surface area contributed by atoms with Gasteiger partial charge in [0.2, 0.25) is 0 Å². The summed E-state index contributed by atoms with van der Waals surface area (Å²) in [7, 11) is 0. The molecule has 98 valence electrons. The topological polar surface area (TPSA) is 17.1 Å². The molecule has 0 aromatic heterocycles. The van der Waals surface area contributed by atoms with E-state index in [2.05, 4.69) is 57.2 Å². The zero-order valence-corrected chi connectivity index (χ0v) is 11.8. The van der Waals surface area contributed by atoms with Crippen LogP contribution in [0.3, 0.4) is 0 Å². The van der Waals surface area contributed by atoms with Gasteiger partial charge >= 0.3 is 0 Å². The van der Waals surface area contributed by atoms with Crippen LogP contribution in [0.1, 0.15) is 50.7 Å². The smallest absolute Gasteiger partial charge is 0.120 e. The molecule has 1 nitrogen and oxygen atoms in total. The largest absolute Gasteiger partial charge is 0.303 e. The first-order valence-electron chi connectivity index (χ1n) is 6.79. The molecule has 1 heteroatoms. The molecule has 0 N–H and O–H groups in total. The normalized spacial score (nSPS) is 14.6. The van der Waals surface area contributed by atoms with Gasteiger partial charge in [0.25, 0.3) is 0 Å². The standard InChI is InChI=1S/C17H24O/c1-4-5-11-17(3,13-14-18)12-10-16-8-6-15(2)7-9-16/h6-10,12,14H,4-5,11,13H2,1-3H3/b12-10+. The number of unbranched alkanes of at least 4 members (excludes halogenated alkanes) is 1. The second kappa shape index (κ2) is 7.15. The molecule has 0 heterocycles. The number of hydrogen-bond acceptors (Lipinski definition) is 1. The van der Waals surface area contributed by atoms with Gasteiger partial charge in [0, 0.05) is 6.42 Å². The van der Waals surface area contributed by atoms with E-state index in [0.717, 1.165) is 12.7 Å². The summed E-state index contributed by atoms with van der Waals surface area (Å²) in [5.74, 6) is 0. The zero-order chi connectivity index (χ0) is 13.4. The molecular formula is C17H24O. The summed E-state index contributed by atoms with van der Waals surface area (Å²) in [6.07, 6.45) is 9.39. The fourth-order valence-electron chi connectivity index (χ4n) is 2.00. The minimum Gasteiger partial charge on any atom is -0.303 e. The lowest BCUT2D eigenvalue weighted by atomic mass is 9.81. The second-order valence-electron chi connectivity index (χ2n) is 5.37. The number of carbonyl (C=O) groups excluding carboxylic acids is 1.